The molecule has 1 saturated heterocycles. The number of hydrogen-bond donors (Lipinski definition) is 0. The van der Waals surface area contributed by atoms with Crippen LogP contribution in [-0.4, -0.2) is 17.5 Å². The molecule has 0 spiro atoms. The number of nitrogens with zero attached hydrogens (tertiary/aromatic N) is 1. The van der Waals surface area contributed by atoms with Crippen LogP contribution in [0.5, 0.6) is 0 Å². The molecule has 2 aromatic rings. The lowest BCUT2D eigenvalue weighted by Gasteiger charge is -2.23. The Morgan fingerprint density at radius 3 is 2.90 bits per heavy atom. The lowest BCUT2D eigenvalue weighted by molar-refractivity contribution is 0.0920. The van der Waals surface area contributed by atoms with Crippen molar-refractivity contribution in [2.45, 2.75) is 25.5 Å². The van der Waals surface area contributed by atoms with E-state index in [0.717, 1.165) is 30.5 Å². The Hall–Kier alpha value is -2.23. The molecule has 0 bridgehead atoms. The molecule has 4 nitrogen and oxygen atoms in total. The van der Waals surface area contributed by atoms with Gasteiger partial charge in [0.05, 0.1) is 18.6 Å². The third-order valence-electron chi connectivity index (χ3n) is 3.62. The van der Waals surface area contributed by atoms with Crippen LogP contribution < -0.4 is 0 Å². The van der Waals surface area contributed by atoms with Crippen LogP contribution in [-0.2, 0) is 11.3 Å². The molecule has 1 atom stereocenters. The highest BCUT2D eigenvalue weighted by Crippen LogP contribution is 2.32. The van der Waals surface area contributed by atoms with E-state index in [1.54, 1.807) is 17.4 Å². The van der Waals surface area contributed by atoms with Crippen molar-refractivity contribution in [2.24, 2.45) is 0 Å². The molecule has 1 aliphatic heterocycles. The molecule has 1 fully saturated rings. The second kappa shape index (κ2) is 5.82. The number of furan rings is 1. The van der Waals surface area contributed by atoms with E-state index in [9.17, 15) is 4.79 Å². The molecule has 2 heterocycles. The number of hydrogen-bond acceptors (Lipinski definition) is 3. The highest BCUT2D eigenvalue weighted by Gasteiger charge is 2.31. The van der Waals surface area contributed by atoms with Crippen molar-refractivity contribution < 1.29 is 13.9 Å². The Kier molecular flexibility index (Phi) is 3.72. The van der Waals surface area contributed by atoms with Crippen LogP contribution in [0.25, 0.3) is 0 Å². The van der Waals surface area contributed by atoms with Gasteiger partial charge in [-0.2, -0.15) is 0 Å². The molecule has 0 N–H and O–H groups in total. The van der Waals surface area contributed by atoms with Gasteiger partial charge in [-0.05, 0) is 24.5 Å². The van der Waals surface area contributed by atoms with E-state index in [2.05, 4.69) is 0 Å². The van der Waals surface area contributed by atoms with Gasteiger partial charge in [0.25, 0.3) is 0 Å². The molecule has 104 valence electrons. The summed E-state index contributed by atoms with van der Waals surface area (Å²) in [6, 6.07) is 11.7. The standard InChI is InChI=1S/C16H17NO3/c18-16(20-11-13-5-2-1-3-6-13)17-9-4-7-15(17)14-8-10-19-12-14/h1-3,5-6,8,10,12,15H,4,7,9,11H2. The number of likely N-dealkylation sites (tertiary alicyclic amines) is 1. The molecule has 4 heteroatoms. The lowest BCUT2D eigenvalue weighted by Crippen LogP contribution is -2.30. The van der Waals surface area contributed by atoms with Crippen LogP contribution in [0.15, 0.2) is 53.3 Å². The average Bonchev–Trinajstić information content (AvgIpc) is 3.15. The second-order valence-corrected chi connectivity index (χ2v) is 4.95. The van der Waals surface area contributed by atoms with E-state index in [0.29, 0.717) is 6.61 Å². The Labute approximate surface area is 118 Å². The SMILES string of the molecule is O=C(OCc1ccccc1)N1CCCC1c1ccoc1. The number of carbonyl (C=O) groups excluding carboxylic acids is 1. The molecule has 3 rings (SSSR count). The predicted molar refractivity (Wildman–Crippen MR) is 74.0 cm³/mol. The first-order chi connectivity index (χ1) is 9.84. The summed E-state index contributed by atoms with van der Waals surface area (Å²) in [7, 11) is 0. The molecular formula is C16H17NO3. The summed E-state index contributed by atoms with van der Waals surface area (Å²) in [5.41, 5.74) is 2.04. The Balaban J connectivity index is 1.62. The fourth-order valence-corrected chi connectivity index (χ4v) is 2.60. The third kappa shape index (κ3) is 2.69. The lowest BCUT2D eigenvalue weighted by atomic mass is 10.1. The van der Waals surface area contributed by atoms with Crippen molar-refractivity contribution in [1.29, 1.82) is 0 Å². The summed E-state index contributed by atoms with van der Waals surface area (Å²) >= 11 is 0. The molecule has 0 radical (unpaired) electrons. The zero-order valence-electron chi connectivity index (χ0n) is 11.2. The van der Waals surface area contributed by atoms with Crippen LogP contribution >= 0.6 is 0 Å². The first kappa shape index (κ1) is 12.8. The van der Waals surface area contributed by atoms with Gasteiger partial charge in [0, 0.05) is 12.1 Å². The van der Waals surface area contributed by atoms with Gasteiger partial charge < -0.3 is 14.1 Å². The van der Waals surface area contributed by atoms with Gasteiger partial charge in [-0.15, -0.1) is 0 Å². The highest BCUT2D eigenvalue weighted by molar-refractivity contribution is 5.68. The van der Waals surface area contributed by atoms with Crippen molar-refractivity contribution in [3.63, 3.8) is 0 Å². The van der Waals surface area contributed by atoms with Gasteiger partial charge in [0.15, 0.2) is 0 Å². The Morgan fingerprint density at radius 2 is 2.15 bits per heavy atom. The molecule has 1 amide bonds. The van der Waals surface area contributed by atoms with Gasteiger partial charge in [-0.3, -0.25) is 0 Å². The summed E-state index contributed by atoms with van der Waals surface area (Å²) in [6.45, 7) is 1.05. The van der Waals surface area contributed by atoms with E-state index < -0.39 is 0 Å². The number of carbonyl (C=O) groups is 1. The van der Waals surface area contributed by atoms with Gasteiger partial charge in [0.1, 0.15) is 6.61 Å². The monoisotopic (exact) mass is 271 g/mol. The number of amides is 1. The number of benzene rings is 1. The maximum atomic E-state index is 12.2. The quantitative estimate of drug-likeness (QED) is 0.853. The summed E-state index contributed by atoms with van der Waals surface area (Å²) in [5.74, 6) is 0. The molecule has 0 saturated carbocycles. The summed E-state index contributed by atoms with van der Waals surface area (Å²) in [4.78, 5) is 14.0. The maximum absolute atomic E-state index is 12.2. The zero-order chi connectivity index (χ0) is 13.8. The normalized spacial score (nSPS) is 18.2. The van der Waals surface area contributed by atoms with E-state index in [4.69, 9.17) is 9.15 Å². The van der Waals surface area contributed by atoms with Crippen molar-refractivity contribution >= 4 is 6.09 Å². The van der Waals surface area contributed by atoms with Crippen LogP contribution in [0.1, 0.15) is 30.0 Å². The van der Waals surface area contributed by atoms with Crippen molar-refractivity contribution in [3.05, 3.63) is 60.1 Å². The number of ether oxygens (including phenoxy) is 1. The molecule has 1 unspecified atom stereocenters. The highest BCUT2D eigenvalue weighted by atomic mass is 16.6. The first-order valence-electron chi connectivity index (χ1n) is 6.84. The smallest absolute Gasteiger partial charge is 0.410 e. The molecular weight excluding hydrogens is 254 g/mol. The Morgan fingerprint density at radius 1 is 1.30 bits per heavy atom. The first-order valence-corrected chi connectivity index (χ1v) is 6.84. The fraction of sp³-hybridized carbons (Fsp3) is 0.312. The minimum atomic E-state index is -0.252. The van der Waals surface area contributed by atoms with Crippen LogP contribution in [0.4, 0.5) is 4.79 Å². The van der Waals surface area contributed by atoms with Crippen LogP contribution in [0, 0.1) is 0 Å². The second-order valence-electron chi connectivity index (χ2n) is 4.95. The molecule has 20 heavy (non-hydrogen) atoms. The number of rotatable bonds is 3. The summed E-state index contributed by atoms with van der Waals surface area (Å²) < 4.78 is 10.5. The molecule has 1 aromatic carbocycles. The van der Waals surface area contributed by atoms with Crippen LogP contribution in [0.2, 0.25) is 0 Å². The van der Waals surface area contributed by atoms with Crippen molar-refractivity contribution in [3.8, 4) is 0 Å². The molecule has 1 aromatic heterocycles. The van der Waals surface area contributed by atoms with E-state index in [1.807, 2.05) is 36.4 Å². The van der Waals surface area contributed by atoms with E-state index in [1.165, 1.54) is 0 Å². The topological polar surface area (TPSA) is 42.7 Å². The van der Waals surface area contributed by atoms with Crippen molar-refractivity contribution in [2.75, 3.05) is 6.54 Å². The third-order valence-corrected chi connectivity index (χ3v) is 3.62. The minimum Gasteiger partial charge on any atom is -0.472 e. The zero-order valence-corrected chi connectivity index (χ0v) is 11.2. The fourth-order valence-electron chi connectivity index (χ4n) is 2.60. The van der Waals surface area contributed by atoms with Crippen LogP contribution in [0.3, 0.4) is 0 Å². The van der Waals surface area contributed by atoms with Gasteiger partial charge in [-0.1, -0.05) is 30.3 Å². The maximum Gasteiger partial charge on any atom is 0.410 e. The van der Waals surface area contributed by atoms with E-state index >= 15 is 0 Å². The van der Waals surface area contributed by atoms with Gasteiger partial charge in [-0.25, -0.2) is 4.79 Å². The Bertz CT molecular complexity index is 550. The van der Waals surface area contributed by atoms with Gasteiger partial charge in [0.2, 0.25) is 0 Å². The van der Waals surface area contributed by atoms with Gasteiger partial charge >= 0.3 is 6.09 Å². The summed E-state index contributed by atoms with van der Waals surface area (Å²) in [5, 5.41) is 0. The average molecular weight is 271 g/mol. The molecule has 1 aliphatic rings. The summed E-state index contributed by atoms with van der Waals surface area (Å²) in [6.07, 6.45) is 5.04. The predicted octanol–water partition coefficient (Wildman–Crippen LogP) is 3.75. The van der Waals surface area contributed by atoms with E-state index in [-0.39, 0.29) is 12.1 Å². The largest absolute Gasteiger partial charge is 0.472 e. The minimum absolute atomic E-state index is 0.0806. The van der Waals surface area contributed by atoms with Crippen molar-refractivity contribution in [1.82, 2.24) is 4.90 Å². The molecule has 0 aliphatic carbocycles.